The molecule has 0 aromatic heterocycles. The zero-order valence-corrected chi connectivity index (χ0v) is 14.5. The van der Waals surface area contributed by atoms with Gasteiger partial charge in [-0.2, -0.15) is 0 Å². The number of carbonyl (C=O) groups is 2. The van der Waals surface area contributed by atoms with Crippen LogP contribution in [0.2, 0.25) is 0 Å². The predicted molar refractivity (Wildman–Crippen MR) is 103 cm³/mol. The highest BCUT2D eigenvalue weighted by Gasteiger charge is 2.18. The van der Waals surface area contributed by atoms with Crippen molar-refractivity contribution in [2.75, 3.05) is 10.6 Å². The van der Waals surface area contributed by atoms with Crippen molar-refractivity contribution in [3.63, 3.8) is 0 Å². The van der Waals surface area contributed by atoms with Crippen LogP contribution in [0.5, 0.6) is 0 Å². The molecule has 0 fully saturated rings. The Morgan fingerprint density at radius 2 is 1.07 bits per heavy atom. The minimum absolute atomic E-state index is 0.101. The number of benzene rings is 3. The third kappa shape index (κ3) is 4.24. The van der Waals surface area contributed by atoms with Gasteiger partial charge in [0.2, 0.25) is 11.8 Å². The molecular weight excluding hydrogens is 366 g/mol. The summed E-state index contributed by atoms with van der Waals surface area (Å²) in [5, 5.41) is 5.91. The first kappa shape index (κ1) is 18.8. The number of hydrogen-bond acceptors (Lipinski definition) is 4. The fraction of sp³-hybridized carbons (Fsp3) is 0. The molecule has 8 heteroatoms. The zero-order valence-electron chi connectivity index (χ0n) is 14.5. The lowest BCUT2D eigenvalue weighted by Crippen LogP contribution is -2.21. The molecule has 28 heavy (non-hydrogen) atoms. The number of anilines is 4. The average molecular weight is 382 g/mol. The van der Waals surface area contributed by atoms with Crippen molar-refractivity contribution in [1.29, 1.82) is 0 Å². The molecule has 0 atom stereocenters. The highest BCUT2D eigenvalue weighted by Crippen LogP contribution is 2.32. The molecule has 0 saturated carbocycles. The fourth-order valence-electron chi connectivity index (χ4n) is 2.66. The highest BCUT2D eigenvalue weighted by atomic mass is 19.1. The number of rotatable bonds is 6. The van der Waals surface area contributed by atoms with Crippen LogP contribution in [0.3, 0.4) is 0 Å². The van der Waals surface area contributed by atoms with E-state index in [2.05, 4.69) is 10.6 Å². The Bertz CT molecular complexity index is 985. The van der Waals surface area contributed by atoms with Gasteiger partial charge in [0, 0.05) is 11.4 Å². The normalized spacial score (nSPS) is 10.4. The highest BCUT2D eigenvalue weighted by molar-refractivity contribution is 6.08. The predicted octanol–water partition coefficient (Wildman–Crippen LogP) is 3.65. The second-order valence-corrected chi connectivity index (χ2v) is 5.94. The van der Waals surface area contributed by atoms with Crippen molar-refractivity contribution in [3.8, 4) is 0 Å². The lowest BCUT2D eigenvalue weighted by atomic mass is 10.0. The van der Waals surface area contributed by atoms with Crippen LogP contribution in [0.4, 0.5) is 31.5 Å². The van der Waals surface area contributed by atoms with Gasteiger partial charge < -0.3 is 22.1 Å². The lowest BCUT2D eigenvalue weighted by Gasteiger charge is -2.17. The van der Waals surface area contributed by atoms with Crippen LogP contribution < -0.4 is 22.1 Å². The van der Waals surface area contributed by atoms with Crippen molar-refractivity contribution >= 4 is 34.6 Å². The summed E-state index contributed by atoms with van der Waals surface area (Å²) in [6.07, 6.45) is 0. The van der Waals surface area contributed by atoms with Gasteiger partial charge in [-0.05, 0) is 48.5 Å². The van der Waals surface area contributed by atoms with Crippen LogP contribution in [-0.2, 0) is 0 Å². The monoisotopic (exact) mass is 382 g/mol. The first-order valence-electron chi connectivity index (χ1n) is 8.16. The molecule has 3 rings (SSSR count). The van der Waals surface area contributed by atoms with Crippen molar-refractivity contribution in [2.45, 2.75) is 0 Å². The lowest BCUT2D eigenvalue weighted by molar-refractivity contribution is 0.0967. The number of carbonyl (C=O) groups excluding carboxylic acids is 2. The van der Waals surface area contributed by atoms with Crippen LogP contribution in [0.1, 0.15) is 20.7 Å². The van der Waals surface area contributed by atoms with Crippen LogP contribution in [0.25, 0.3) is 0 Å². The molecule has 0 heterocycles. The molecule has 6 N–H and O–H groups in total. The quantitative estimate of drug-likeness (QED) is 0.521. The largest absolute Gasteiger partial charge is 0.366 e. The summed E-state index contributed by atoms with van der Waals surface area (Å²) in [6, 6.07) is 13.9. The molecule has 3 aromatic carbocycles. The second kappa shape index (κ2) is 7.75. The van der Waals surface area contributed by atoms with Crippen molar-refractivity contribution in [1.82, 2.24) is 0 Å². The minimum Gasteiger partial charge on any atom is -0.366 e. The Morgan fingerprint density at radius 1 is 0.679 bits per heavy atom. The number of amides is 2. The summed E-state index contributed by atoms with van der Waals surface area (Å²) in [5.41, 5.74) is 11.9. The summed E-state index contributed by atoms with van der Waals surface area (Å²) >= 11 is 0. The number of primary amides is 2. The summed E-state index contributed by atoms with van der Waals surface area (Å²) < 4.78 is 27.0. The van der Waals surface area contributed by atoms with Gasteiger partial charge in [-0.1, -0.05) is 12.1 Å². The maximum atomic E-state index is 13.5. The maximum Gasteiger partial charge on any atom is 0.249 e. The molecule has 0 unspecified atom stereocenters. The fourth-order valence-corrected chi connectivity index (χ4v) is 2.66. The van der Waals surface area contributed by atoms with E-state index in [0.717, 1.165) is 0 Å². The molecule has 0 aliphatic rings. The van der Waals surface area contributed by atoms with E-state index in [1.807, 2.05) is 0 Å². The van der Waals surface area contributed by atoms with E-state index in [0.29, 0.717) is 22.7 Å². The molecule has 0 aliphatic carbocycles. The average Bonchev–Trinajstić information content (AvgIpc) is 2.62. The first-order chi connectivity index (χ1) is 13.3. The van der Waals surface area contributed by atoms with Crippen molar-refractivity contribution in [3.05, 3.63) is 83.4 Å². The van der Waals surface area contributed by atoms with E-state index >= 15 is 0 Å². The maximum absolute atomic E-state index is 13.5. The Kier molecular flexibility index (Phi) is 5.21. The van der Waals surface area contributed by atoms with Crippen molar-refractivity contribution < 1.29 is 18.4 Å². The van der Waals surface area contributed by atoms with E-state index in [1.54, 1.807) is 12.1 Å². The van der Waals surface area contributed by atoms with E-state index in [-0.39, 0.29) is 11.1 Å². The van der Waals surface area contributed by atoms with Crippen molar-refractivity contribution in [2.24, 2.45) is 11.5 Å². The van der Waals surface area contributed by atoms with Crippen LogP contribution in [0, 0.1) is 11.6 Å². The Hall–Kier alpha value is -3.94. The standard InChI is InChI=1S/C20H16F2N4O2/c21-11-3-1-5-13(7-11)25-17-9-15(19(23)27)16(20(24)28)10-18(17)26-14-6-2-4-12(22)8-14/h1-10,25-26H,(H2,23,27)(H2,24,28). The van der Waals surface area contributed by atoms with Crippen LogP contribution in [0.15, 0.2) is 60.7 Å². The molecule has 3 aromatic rings. The smallest absolute Gasteiger partial charge is 0.249 e. The van der Waals surface area contributed by atoms with E-state index in [4.69, 9.17) is 11.5 Å². The van der Waals surface area contributed by atoms with Crippen LogP contribution in [-0.4, -0.2) is 11.8 Å². The van der Waals surface area contributed by atoms with Crippen LogP contribution >= 0.6 is 0 Å². The van der Waals surface area contributed by atoms with Gasteiger partial charge in [0.1, 0.15) is 11.6 Å². The Morgan fingerprint density at radius 3 is 1.39 bits per heavy atom. The van der Waals surface area contributed by atoms with E-state index in [1.165, 1.54) is 48.5 Å². The van der Waals surface area contributed by atoms with E-state index in [9.17, 15) is 18.4 Å². The first-order valence-corrected chi connectivity index (χ1v) is 8.16. The number of nitrogens with two attached hydrogens (primary N) is 2. The molecule has 0 radical (unpaired) electrons. The molecular formula is C20H16F2N4O2. The molecule has 0 aliphatic heterocycles. The van der Waals surface area contributed by atoms with Gasteiger partial charge >= 0.3 is 0 Å². The summed E-state index contributed by atoms with van der Waals surface area (Å²) in [7, 11) is 0. The Balaban J connectivity index is 2.11. The second-order valence-electron chi connectivity index (χ2n) is 5.94. The van der Waals surface area contributed by atoms with Gasteiger partial charge in [-0.25, -0.2) is 8.78 Å². The number of halogens is 2. The van der Waals surface area contributed by atoms with Gasteiger partial charge in [0.15, 0.2) is 0 Å². The Labute approximate surface area is 159 Å². The van der Waals surface area contributed by atoms with Gasteiger partial charge in [0.05, 0.1) is 22.5 Å². The molecule has 0 spiro atoms. The summed E-state index contributed by atoms with van der Waals surface area (Å²) in [6.45, 7) is 0. The van der Waals surface area contributed by atoms with E-state index < -0.39 is 23.4 Å². The number of nitrogens with one attached hydrogen (secondary N) is 2. The third-order valence-electron chi connectivity index (χ3n) is 3.90. The van der Waals surface area contributed by atoms with Gasteiger partial charge in [0.25, 0.3) is 0 Å². The number of hydrogen-bond donors (Lipinski definition) is 4. The topological polar surface area (TPSA) is 110 Å². The minimum atomic E-state index is -0.853. The zero-order chi connectivity index (χ0) is 20.3. The SMILES string of the molecule is NC(=O)c1cc(Nc2cccc(F)c2)c(Nc2cccc(F)c2)cc1C(N)=O. The molecule has 2 amide bonds. The van der Waals surface area contributed by atoms with Gasteiger partial charge in [-0.15, -0.1) is 0 Å². The summed E-state index contributed by atoms with van der Waals surface area (Å²) in [5.74, 6) is -2.64. The molecule has 6 nitrogen and oxygen atoms in total. The van der Waals surface area contributed by atoms with Gasteiger partial charge in [-0.3, -0.25) is 9.59 Å². The molecule has 0 saturated heterocycles. The molecule has 142 valence electrons. The molecule has 0 bridgehead atoms. The summed E-state index contributed by atoms with van der Waals surface area (Å²) in [4.78, 5) is 23.5. The third-order valence-corrected chi connectivity index (χ3v) is 3.90.